The largest absolute Gasteiger partial charge is 0.320 e. The molecule has 170 valence electrons. The van der Waals surface area contributed by atoms with Crippen LogP contribution in [-0.4, -0.2) is 17.1 Å². The van der Waals surface area contributed by atoms with Crippen LogP contribution < -0.4 is 10.2 Å². The van der Waals surface area contributed by atoms with Crippen LogP contribution in [0.2, 0.25) is 15.1 Å². The van der Waals surface area contributed by atoms with Crippen LogP contribution in [-0.2, 0) is 16.0 Å². The number of para-hydroxylation sites is 1. The number of nitriles is 1. The van der Waals surface area contributed by atoms with Crippen LogP contribution in [0.15, 0.2) is 83.4 Å². The fourth-order valence-corrected chi connectivity index (χ4v) is 5.18. The highest BCUT2D eigenvalue weighted by atomic mass is 35.5. The molecule has 0 aliphatic carbocycles. The number of carbonyl (C=O) groups is 2. The fraction of sp³-hybridized carbons (Fsp3) is 0.0800. The monoisotopic (exact) mass is 527 g/mol. The predicted octanol–water partition coefficient (Wildman–Crippen LogP) is 6.71. The molecule has 34 heavy (non-hydrogen) atoms. The number of hydrogen-bond donors (Lipinski definition) is 1. The molecule has 1 fully saturated rings. The van der Waals surface area contributed by atoms with Crippen LogP contribution in [0.5, 0.6) is 0 Å². The molecule has 0 bridgehead atoms. The second-order valence-electron chi connectivity index (χ2n) is 7.32. The Bertz CT molecular complexity index is 1320. The first-order valence-electron chi connectivity index (χ1n) is 10.1. The molecule has 1 aliphatic heterocycles. The average Bonchev–Trinajstić information content (AvgIpc) is 3.14. The van der Waals surface area contributed by atoms with Crippen LogP contribution in [0, 0.1) is 11.3 Å². The Morgan fingerprint density at radius 1 is 1.00 bits per heavy atom. The molecule has 0 aromatic heterocycles. The van der Waals surface area contributed by atoms with Crippen molar-refractivity contribution in [3.63, 3.8) is 0 Å². The molecule has 0 unspecified atom stereocenters. The third-order valence-electron chi connectivity index (χ3n) is 5.03. The highest BCUT2D eigenvalue weighted by Gasteiger charge is 2.40. The predicted molar refractivity (Wildman–Crippen MR) is 138 cm³/mol. The van der Waals surface area contributed by atoms with Crippen molar-refractivity contribution in [2.24, 2.45) is 0 Å². The first kappa shape index (κ1) is 24.2. The number of hydrogen-bond acceptors (Lipinski definition) is 4. The van der Waals surface area contributed by atoms with Crippen molar-refractivity contribution in [1.82, 2.24) is 0 Å². The number of anilines is 2. The average molecular weight is 529 g/mol. The summed E-state index contributed by atoms with van der Waals surface area (Å²) in [7, 11) is 0. The van der Waals surface area contributed by atoms with Crippen LogP contribution in [0.1, 0.15) is 5.56 Å². The first-order chi connectivity index (χ1) is 16.4. The molecule has 3 aromatic carbocycles. The standard InChI is InChI=1S/C25H16Cl3N3O2S/c26-16-8-6-15(7-9-16)12-22-24(33)31(18-4-2-1-3-5-18)25(34-22)19(14-29)23(32)30-21-13-17(27)10-11-20(21)28/h1-11,13,22H,12H2,(H,30,32)/b25-19-/t22-/m1/s1. The summed E-state index contributed by atoms with van der Waals surface area (Å²) in [5, 5.41) is 13.5. The van der Waals surface area contributed by atoms with Crippen molar-refractivity contribution in [1.29, 1.82) is 5.26 Å². The number of thioether (sulfide) groups is 1. The SMILES string of the molecule is N#C/C(C(=O)Nc1cc(Cl)ccc1Cl)=C1/S[C@H](Cc2ccc(Cl)cc2)C(=O)N1c1ccccc1. The Morgan fingerprint density at radius 3 is 2.35 bits per heavy atom. The van der Waals surface area contributed by atoms with Gasteiger partial charge in [0, 0.05) is 15.7 Å². The van der Waals surface area contributed by atoms with E-state index in [2.05, 4.69) is 5.32 Å². The zero-order valence-electron chi connectivity index (χ0n) is 17.5. The summed E-state index contributed by atoms with van der Waals surface area (Å²) in [5.74, 6) is -0.905. The van der Waals surface area contributed by atoms with Crippen molar-refractivity contribution in [2.45, 2.75) is 11.7 Å². The Hall–Kier alpha value is -2.95. The van der Waals surface area contributed by atoms with Gasteiger partial charge in [-0.1, -0.05) is 76.9 Å². The fourth-order valence-electron chi connectivity index (χ4n) is 3.41. The number of halogens is 3. The van der Waals surface area contributed by atoms with Crippen molar-refractivity contribution in [3.8, 4) is 6.07 Å². The number of rotatable bonds is 5. The third kappa shape index (κ3) is 5.24. The summed E-state index contributed by atoms with van der Waals surface area (Å²) in [6, 6.07) is 22.7. The minimum absolute atomic E-state index is 0.197. The summed E-state index contributed by atoms with van der Waals surface area (Å²) in [5.41, 5.74) is 1.55. The van der Waals surface area contributed by atoms with E-state index in [9.17, 15) is 14.9 Å². The lowest BCUT2D eigenvalue weighted by molar-refractivity contribution is -0.117. The molecule has 0 spiro atoms. The number of amides is 2. The van der Waals surface area contributed by atoms with E-state index in [-0.39, 0.29) is 27.2 Å². The maximum absolute atomic E-state index is 13.5. The topological polar surface area (TPSA) is 73.2 Å². The van der Waals surface area contributed by atoms with E-state index in [1.165, 1.54) is 22.7 Å². The molecule has 1 aliphatic rings. The number of benzene rings is 3. The zero-order chi connectivity index (χ0) is 24.2. The summed E-state index contributed by atoms with van der Waals surface area (Å²) in [6.45, 7) is 0. The van der Waals surface area contributed by atoms with Crippen LogP contribution in [0.4, 0.5) is 11.4 Å². The lowest BCUT2D eigenvalue weighted by Crippen LogP contribution is -2.30. The van der Waals surface area contributed by atoms with Gasteiger partial charge in [0.2, 0.25) is 5.91 Å². The van der Waals surface area contributed by atoms with E-state index < -0.39 is 11.2 Å². The van der Waals surface area contributed by atoms with Gasteiger partial charge in [-0.3, -0.25) is 14.5 Å². The van der Waals surface area contributed by atoms with Gasteiger partial charge >= 0.3 is 0 Å². The molecule has 1 saturated heterocycles. The van der Waals surface area contributed by atoms with Gasteiger partial charge in [0.1, 0.15) is 16.7 Å². The van der Waals surface area contributed by atoms with E-state index >= 15 is 0 Å². The maximum atomic E-state index is 13.5. The molecule has 1 N–H and O–H groups in total. The highest BCUT2D eigenvalue weighted by Crippen LogP contribution is 2.42. The zero-order valence-corrected chi connectivity index (χ0v) is 20.6. The Kier molecular flexibility index (Phi) is 7.50. The van der Waals surface area contributed by atoms with E-state index in [0.717, 1.165) is 5.56 Å². The molecule has 1 atom stereocenters. The Balaban J connectivity index is 1.72. The molecular formula is C25H16Cl3N3O2S. The van der Waals surface area contributed by atoms with Gasteiger partial charge in [0.15, 0.2) is 0 Å². The number of nitrogens with zero attached hydrogens (tertiary/aromatic N) is 2. The van der Waals surface area contributed by atoms with Gasteiger partial charge in [-0.05, 0) is 54.4 Å². The third-order valence-corrected chi connectivity index (χ3v) is 7.11. The Labute approximate surface area is 215 Å². The van der Waals surface area contributed by atoms with Crippen molar-refractivity contribution in [2.75, 3.05) is 10.2 Å². The molecule has 3 aromatic rings. The van der Waals surface area contributed by atoms with Gasteiger partial charge in [-0.15, -0.1) is 0 Å². The van der Waals surface area contributed by atoms with Gasteiger partial charge in [0.25, 0.3) is 5.91 Å². The molecule has 9 heteroatoms. The minimum atomic E-state index is -0.685. The van der Waals surface area contributed by atoms with E-state index in [1.54, 1.807) is 48.5 Å². The number of nitrogens with one attached hydrogen (secondary N) is 1. The summed E-state index contributed by atoms with van der Waals surface area (Å²) < 4.78 is 0. The lowest BCUT2D eigenvalue weighted by atomic mass is 10.1. The summed E-state index contributed by atoms with van der Waals surface area (Å²) in [4.78, 5) is 28.0. The molecule has 0 saturated carbocycles. The highest BCUT2D eigenvalue weighted by molar-refractivity contribution is 8.05. The molecule has 2 amide bonds. The maximum Gasteiger partial charge on any atom is 0.269 e. The van der Waals surface area contributed by atoms with Gasteiger partial charge in [-0.25, -0.2) is 0 Å². The minimum Gasteiger partial charge on any atom is -0.320 e. The van der Waals surface area contributed by atoms with E-state index in [4.69, 9.17) is 34.8 Å². The Morgan fingerprint density at radius 2 is 1.68 bits per heavy atom. The molecule has 1 heterocycles. The molecule has 4 rings (SSSR count). The van der Waals surface area contributed by atoms with Crippen molar-refractivity contribution < 1.29 is 9.59 Å². The van der Waals surface area contributed by atoms with Gasteiger partial charge in [0.05, 0.1) is 16.0 Å². The van der Waals surface area contributed by atoms with Crippen molar-refractivity contribution in [3.05, 3.63) is 104 Å². The molecule has 0 radical (unpaired) electrons. The second-order valence-corrected chi connectivity index (χ2v) is 9.79. The van der Waals surface area contributed by atoms with Gasteiger partial charge in [-0.2, -0.15) is 5.26 Å². The summed E-state index contributed by atoms with van der Waals surface area (Å²) in [6.07, 6.45) is 0.411. The lowest BCUT2D eigenvalue weighted by Gasteiger charge is -2.18. The van der Waals surface area contributed by atoms with Crippen LogP contribution in [0.25, 0.3) is 0 Å². The van der Waals surface area contributed by atoms with E-state index in [1.807, 2.05) is 24.3 Å². The molecular weight excluding hydrogens is 513 g/mol. The normalized spacial score (nSPS) is 16.8. The second kappa shape index (κ2) is 10.5. The summed E-state index contributed by atoms with van der Waals surface area (Å²) >= 11 is 19.3. The number of carbonyl (C=O) groups excluding carboxylic acids is 2. The quantitative estimate of drug-likeness (QED) is 0.295. The first-order valence-corrected chi connectivity index (χ1v) is 12.1. The molecule has 5 nitrogen and oxygen atoms in total. The van der Waals surface area contributed by atoms with E-state index in [0.29, 0.717) is 22.2 Å². The van der Waals surface area contributed by atoms with Crippen LogP contribution in [0.3, 0.4) is 0 Å². The van der Waals surface area contributed by atoms with Crippen molar-refractivity contribution >= 4 is 69.8 Å². The van der Waals surface area contributed by atoms with Crippen LogP contribution >= 0.6 is 46.6 Å². The smallest absolute Gasteiger partial charge is 0.269 e. The van der Waals surface area contributed by atoms with Gasteiger partial charge < -0.3 is 5.32 Å².